The number of hydrogen-bond acceptors (Lipinski definition) is 5. The molecule has 0 saturated heterocycles. The molecule has 0 spiro atoms. The second kappa shape index (κ2) is 5.87. The van der Waals surface area contributed by atoms with Gasteiger partial charge in [0.2, 0.25) is 10.0 Å². The van der Waals surface area contributed by atoms with E-state index in [2.05, 4.69) is 9.82 Å². The van der Waals surface area contributed by atoms with E-state index in [0.717, 1.165) is 0 Å². The molecule has 24 heavy (non-hydrogen) atoms. The molecule has 0 fully saturated rings. The number of sulfonamides is 2. The normalized spacial score (nSPS) is 12.4. The molecule has 0 saturated carbocycles. The third kappa shape index (κ3) is 3.30. The smallest absolute Gasteiger partial charge is 0.265 e. The zero-order valence-electron chi connectivity index (χ0n) is 14.1. The highest BCUT2D eigenvalue weighted by atomic mass is 32.2. The molecule has 0 amide bonds. The van der Waals surface area contributed by atoms with Crippen molar-refractivity contribution in [2.45, 2.75) is 37.5 Å². The van der Waals surface area contributed by atoms with Gasteiger partial charge in [0, 0.05) is 7.05 Å². The molecule has 0 aliphatic heterocycles. The Balaban J connectivity index is 2.60. The Bertz CT molecular complexity index is 1020. The molecule has 3 N–H and O–H groups in total. The minimum atomic E-state index is -3.95. The molecule has 0 unspecified atom stereocenters. The Morgan fingerprint density at radius 1 is 1.08 bits per heavy atom. The van der Waals surface area contributed by atoms with Gasteiger partial charge >= 0.3 is 0 Å². The van der Waals surface area contributed by atoms with Crippen molar-refractivity contribution in [1.82, 2.24) is 9.78 Å². The first-order valence-electron chi connectivity index (χ1n) is 7.01. The third-order valence-corrected chi connectivity index (χ3v) is 6.43. The second-order valence-electron chi connectivity index (χ2n) is 5.69. The van der Waals surface area contributed by atoms with E-state index in [1.165, 1.54) is 16.8 Å². The van der Waals surface area contributed by atoms with Crippen molar-refractivity contribution in [3.63, 3.8) is 0 Å². The second-order valence-corrected chi connectivity index (χ2v) is 8.87. The molecule has 0 aliphatic carbocycles. The summed E-state index contributed by atoms with van der Waals surface area (Å²) in [4.78, 5) is -0.0778. The molecular formula is C14H20N4O4S2. The Labute approximate surface area is 141 Å². The maximum Gasteiger partial charge on any atom is 0.265 e. The topological polar surface area (TPSA) is 124 Å². The van der Waals surface area contributed by atoms with Crippen LogP contribution in [0, 0.1) is 27.7 Å². The lowest BCUT2D eigenvalue weighted by Gasteiger charge is -2.14. The highest BCUT2D eigenvalue weighted by Crippen LogP contribution is 2.27. The largest absolute Gasteiger partial charge is 0.279 e. The lowest BCUT2D eigenvalue weighted by Crippen LogP contribution is -2.18. The average Bonchev–Trinajstić information content (AvgIpc) is 2.67. The van der Waals surface area contributed by atoms with E-state index in [-0.39, 0.29) is 15.5 Å². The van der Waals surface area contributed by atoms with Gasteiger partial charge in [-0.05, 0) is 51.0 Å². The van der Waals surface area contributed by atoms with Crippen LogP contribution in [0.5, 0.6) is 0 Å². The van der Waals surface area contributed by atoms with Crippen LogP contribution in [-0.4, -0.2) is 26.6 Å². The molecule has 0 atom stereocenters. The SMILES string of the molecule is Cc1cc(S(N)(=O)=O)cc(NS(=O)(=O)c2c(C)nn(C)c2C)c1C. The monoisotopic (exact) mass is 372 g/mol. The Hall–Kier alpha value is -1.91. The van der Waals surface area contributed by atoms with E-state index in [1.807, 2.05) is 0 Å². The fourth-order valence-corrected chi connectivity index (χ4v) is 4.61. The van der Waals surface area contributed by atoms with Gasteiger partial charge in [0.15, 0.2) is 0 Å². The lowest BCUT2D eigenvalue weighted by molar-refractivity contribution is 0.595. The van der Waals surface area contributed by atoms with E-state index in [9.17, 15) is 16.8 Å². The summed E-state index contributed by atoms with van der Waals surface area (Å²) < 4.78 is 52.6. The van der Waals surface area contributed by atoms with Crippen molar-refractivity contribution in [1.29, 1.82) is 0 Å². The van der Waals surface area contributed by atoms with Crippen molar-refractivity contribution in [2.75, 3.05) is 4.72 Å². The van der Waals surface area contributed by atoms with E-state index in [1.54, 1.807) is 34.7 Å². The Kier molecular flexibility index (Phi) is 4.51. The summed E-state index contributed by atoms with van der Waals surface area (Å²) >= 11 is 0. The Morgan fingerprint density at radius 3 is 2.12 bits per heavy atom. The van der Waals surface area contributed by atoms with Gasteiger partial charge in [-0.25, -0.2) is 22.0 Å². The van der Waals surface area contributed by atoms with Crippen molar-refractivity contribution < 1.29 is 16.8 Å². The molecule has 132 valence electrons. The molecule has 0 aliphatic rings. The number of aryl methyl sites for hydroxylation is 3. The number of rotatable bonds is 4. The lowest BCUT2D eigenvalue weighted by atomic mass is 10.1. The summed E-state index contributed by atoms with van der Waals surface area (Å²) in [6.07, 6.45) is 0. The van der Waals surface area contributed by atoms with Crippen LogP contribution in [0.4, 0.5) is 5.69 Å². The third-order valence-electron chi connectivity index (χ3n) is 3.93. The van der Waals surface area contributed by atoms with Crippen molar-refractivity contribution in [3.8, 4) is 0 Å². The number of anilines is 1. The summed E-state index contributed by atoms with van der Waals surface area (Å²) in [6, 6.07) is 2.62. The van der Waals surface area contributed by atoms with Gasteiger partial charge in [0.25, 0.3) is 10.0 Å². The van der Waals surface area contributed by atoms with Crippen LogP contribution in [0.2, 0.25) is 0 Å². The molecule has 1 heterocycles. The van der Waals surface area contributed by atoms with Crippen LogP contribution in [0.1, 0.15) is 22.5 Å². The zero-order valence-corrected chi connectivity index (χ0v) is 15.7. The molecule has 8 nitrogen and oxygen atoms in total. The molecule has 2 aromatic rings. The predicted molar refractivity (Wildman–Crippen MR) is 90.8 cm³/mol. The maximum atomic E-state index is 12.7. The molecule has 2 rings (SSSR count). The number of hydrogen-bond donors (Lipinski definition) is 2. The fraction of sp³-hybridized carbons (Fsp3) is 0.357. The first kappa shape index (κ1) is 18.4. The van der Waals surface area contributed by atoms with Crippen LogP contribution in [0.25, 0.3) is 0 Å². The highest BCUT2D eigenvalue weighted by Gasteiger charge is 2.25. The van der Waals surface area contributed by atoms with Crippen molar-refractivity contribution in [3.05, 3.63) is 34.6 Å². The van der Waals surface area contributed by atoms with Crippen LogP contribution in [0.15, 0.2) is 21.9 Å². The van der Waals surface area contributed by atoms with Crippen LogP contribution >= 0.6 is 0 Å². The molecule has 0 radical (unpaired) electrons. The predicted octanol–water partition coefficient (Wildman–Crippen LogP) is 1.10. The molecule has 0 bridgehead atoms. The number of aromatic nitrogens is 2. The van der Waals surface area contributed by atoms with Crippen LogP contribution < -0.4 is 9.86 Å². The van der Waals surface area contributed by atoms with Gasteiger partial charge in [-0.3, -0.25) is 9.40 Å². The first-order valence-corrected chi connectivity index (χ1v) is 10.0. The summed E-state index contributed by atoms with van der Waals surface area (Å²) in [5.41, 5.74) is 2.24. The standard InChI is InChI=1S/C14H20N4O4S2/c1-8-6-12(23(15,19)20)7-13(9(8)2)17-24(21,22)14-10(3)16-18(5)11(14)4/h6-7,17H,1-5H3,(H2,15,19,20). The molecular weight excluding hydrogens is 352 g/mol. The average molecular weight is 372 g/mol. The van der Waals surface area contributed by atoms with Gasteiger partial charge in [-0.1, -0.05) is 0 Å². The van der Waals surface area contributed by atoms with Crippen molar-refractivity contribution >= 4 is 25.7 Å². The summed E-state index contributed by atoms with van der Waals surface area (Å²) in [7, 11) is -6.22. The Morgan fingerprint density at radius 2 is 1.67 bits per heavy atom. The first-order chi connectivity index (χ1) is 10.8. The van der Waals surface area contributed by atoms with Crippen LogP contribution in [0.3, 0.4) is 0 Å². The molecule has 1 aromatic heterocycles. The number of nitrogens with one attached hydrogen (secondary N) is 1. The number of primary sulfonamides is 1. The number of nitrogens with two attached hydrogens (primary N) is 1. The minimum absolute atomic E-state index is 0.0723. The number of benzene rings is 1. The van der Waals surface area contributed by atoms with Gasteiger partial charge in [0.1, 0.15) is 4.90 Å². The quantitative estimate of drug-likeness (QED) is 0.831. The van der Waals surface area contributed by atoms with Gasteiger partial charge in [0.05, 0.1) is 22.0 Å². The zero-order chi connectivity index (χ0) is 18.4. The van der Waals surface area contributed by atoms with Gasteiger partial charge < -0.3 is 0 Å². The van der Waals surface area contributed by atoms with E-state index in [4.69, 9.17) is 5.14 Å². The summed E-state index contributed by atoms with van der Waals surface area (Å²) in [5, 5.41) is 9.25. The van der Waals surface area contributed by atoms with E-state index < -0.39 is 20.0 Å². The van der Waals surface area contributed by atoms with E-state index in [0.29, 0.717) is 22.5 Å². The van der Waals surface area contributed by atoms with Crippen LogP contribution in [-0.2, 0) is 27.1 Å². The molecule has 1 aromatic carbocycles. The van der Waals surface area contributed by atoms with Crippen molar-refractivity contribution in [2.24, 2.45) is 12.2 Å². The maximum absolute atomic E-state index is 12.7. The minimum Gasteiger partial charge on any atom is -0.279 e. The van der Waals surface area contributed by atoms with Gasteiger partial charge in [-0.2, -0.15) is 5.10 Å². The highest BCUT2D eigenvalue weighted by molar-refractivity contribution is 7.92. The number of nitrogens with zero attached hydrogens (tertiary/aromatic N) is 2. The van der Waals surface area contributed by atoms with E-state index >= 15 is 0 Å². The summed E-state index contributed by atoms with van der Waals surface area (Å²) in [5.74, 6) is 0. The molecule has 10 heteroatoms. The fourth-order valence-electron chi connectivity index (χ4n) is 2.44. The van der Waals surface area contributed by atoms with Gasteiger partial charge in [-0.15, -0.1) is 0 Å². The summed E-state index contributed by atoms with van der Waals surface area (Å²) in [6.45, 7) is 6.62.